The van der Waals surface area contributed by atoms with Crippen molar-refractivity contribution >= 4 is 11.4 Å². The van der Waals surface area contributed by atoms with E-state index in [1.807, 2.05) is 0 Å². The molecule has 0 atom stereocenters. The van der Waals surface area contributed by atoms with Gasteiger partial charge in [0.1, 0.15) is 0 Å². The monoisotopic (exact) mass is 236 g/mol. The van der Waals surface area contributed by atoms with Gasteiger partial charge in [-0.1, -0.05) is 0 Å². The van der Waals surface area contributed by atoms with Gasteiger partial charge in [-0.05, 0) is 6.92 Å². The predicted octanol–water partition coefficient (Wildman–Crippen LogP) is 2.23. The van der Waals surface area contributed by atoms with Gasteiger partial charge in [0, 0.05) is 5.56 Å². The zero-order chi connectivity index (χ0) is 12.6. The van der Waals surface area contributed by atoms with E-state index in [0.29, 0.717) is 0 Å². The van der Waals surface area contributed by atoms with Crippen molar-refractivity contribution in [3.05, 3.63) is 43.2 Å². The first-order valence-corrected chi connectivity index (χ1v) is 3.74. The molecule has 0 bridgehead atoms. The van der Waals surface area contributed by atoms with E-state index in [1.165, 1.54) is 0 Å². The van der Waals surface area contributed by atoms with Crippen LogP contribution in [0, 0.1) is 44.6 Å². The molecule has 6 nitrogen and oxygen atoms in total. The molecule has 0 saturated carbocycles. The second-order valence-corrected chi connectivity index (χ2v) is 2.78. The molecule has 0 unspecified atom stereocenters. The van der Waals surface area contributed by atoms with Crippen molar-refractivity contribution < 1.29 is 23.0 Å². The van der Waals surface area contributed by atoms with Crippen molar-refractivity contribution in [3.63, 3.8) is 0 Å². The number of rotatable bonds is 2. The van der Waals surface area contributed by atoms with Crippen LogP contribution in [0.1, 0.15) is 5.56 Å². The fourth-order valence-corrected chi connectivity index (χ4v) is 1.08. The van der Waals surface area contributed by atoms with E-state index in [9.17, 15) is 33.4 Å². The third kappa shape index (κ3) is 1.55. The van der Waals surface area contributed by atoms with E-state index in [2.05, 4.69) is 0 Å². The summed E-state index contributed by atoms with van der Waals surface area (Å²) in [5.41, 5.74) is -4.43. The van der Waals surface area contributed by atoms with Crippen LogP contribution in [0.15, 0.2) is 0 Å². The second kappa shape index (κ2) is 3.76. The van der Waals surface area contributed by atoms with E-state index in [0.717, 1.165) is 6.92 Å². The van der Waals surface area contributed by atoms with E-state index in [4.69, 9.17) is 0 Å². The average molecular weight is 236 g/mol. The fraction of sp³-hybridized carbons (Fsp3) is 0.143. The zero-order valence-electron chi connectivity index (χ0n) is 7.66. The van der Waals surface area contributed by atoms with Crippen molar-refractivity contribution in [2.24, 2.45) is 0 Å². The predicted molar refractivity (Wildman–Crippen MR) is 44.4 cm³/mol. The number of hydrogen-bond donors (Lipinski definition) is 0. The molecule has 0 radical (unpaired) electrons. The van der Waals surface area contributed by atoms with E-state index >= 15 is 0 Å². The van der Waals surface area contributed by atoms with Crippen LogP contribution < -0.4 is 0 Å². The summed E-state index contributed by atoms with van der Waals surface area (Å²) >= 11 is 0. The molecule has 0 spiro atoms. The Labute approximate surface area is 85.6 Å². The molecule has 16 heavy (non-hydrogen) atoms. The lowest BCUT2D eigenvalue weighted by Gasteiger charge is -2.02. The molecule has 1 aromatic rings. The van der Waals surface area contributed by atoms with Gasteiger partial charge in [-0.3, -0.25) is 20.2 Å². The molecule has 1 rings (SSSR count). The Kier molecular flexibility index (Phi) is 2.79. The van der Waals surface area contributed by atoms with Crippen LogP contribution in [0.3, 0.4) is 0 Å². The van der Waals surface area contributed by atoms with E-state index in [-0.39, 0.29) is 0 Å². The first kappa shape index (κ1) is 11.9. The lowest BCUT2D eigenvalue weighted by molar-refractivity contribution is -0.402. The van der Waals surface area contributed by atoms with Crippen molar-refractivity contribution in [1.82, 2.24) is 0 Å². The standard InChI is InChI=1S/C7H3F3N2O4/c1-2-3(8)6(11(13)14)5(10)7(4(2)9)12(15)16/h1H3. The second-order valence-electron chi connectivity index (χ2n) is 2.78. The number of hydrogen-bond acceptors (Lipinski definition) is 4. The van der Waals surface area contributed by atoms with Gasteiger partial charge in [0.15, 0.2) is 0 Å². The number of halogens is 3. The summed E-state index contributed by atoms with van der Waals surface area (Å²) in [5, 5.41) is 20.5. The number of nitro groups is 2. The molecule has 0 heterocycles. The van der Waals surface area contributed by atoms with Crippen LogP contribution in [0.5, 0.6) is 0 Å². The Balaban J connectivity index is 3.80. The van der Waals surface area contributed by atoms with Crippen LogP contribution in [-0.2, 0) is 0 Å². The molecular weight excluding hydrogens is 233 g/mol. The fourth-order valence-electron chi connectivity index (χ4n) is 1.08. The summed E-state index contributed by atoms with van der Waals surface area (Å²) in [5.74, 6) is -5.65. The molecule has 86 valence electrons. The zero-order valence-corrected chi connectivity index (χ0v) is 7.66. The smallest absolute Gasteiger partial charge is 0.258 e. The summed E-state index contributed by atoms with van der Waals surface area (Å²) in [6.07, 6.45) is 0. The number of nitrogens with zero attached hydrogens (tertiary/aromatic N) is 2. The first-order valence-electron chi connectivity index (χ1n) is 3.74. The Hall–Kier alpha value is -2.19. The van der Waals surface area contributed by atoms with Crippen molar-refractivity contribution in [2.45, 2.75) is 6.92 Å². The first-order chi connectivity index (χ1) is 7.29. The highest BCUT2D eigenvalue weighted by molar-refractivity contribution is 5.51. The molecule has 0 aromatic heterocycles. The maximum absolute atomic E-state index is 13.1. The Morgan fingerprint density at radius 1 is 0.875 bits per heavy atom. The Bertz CT molecular complexity index is 462. The molecule has 0 N–H and O–H groups in total. The van der Waals surface area contributed by atoms with Gasteiger partial charge in [-0.15, -0.1) is 0 Å². The lowest BCUT2D eigenvalue weighted by Crippen LogP contribution is -2.07. The topological polar surface area (TPSA) is 86.3 Å². The van der Waals surface area contributed by atoms with Gasteiger partial charge in [-0.2, -0.15) is 13.2 Å². The highest BCUT2D eigenvalue weighted by Crippen LogP contribution is 2.34. The van der Waals surface area contributed by atoms with Crippen molar-refractivity contribution in [2.75, 3.05) is 0 Å². The molecule has 0 aliphatic heterocycles. The molecule has 0 amide bonds. The highest BCUT2D eigenvalue weighted by atomic mass is 19.1. The summed E-state index contributed by atoms with van der Waals surface area (Å²) < 4.78 is 39.3. The van der Waals surface area contributed by atoms with Gasteiger partial charge in [0.25, 0.3) is 5.82 Å². The number of nitro benzene ring substituents is 2. The maximum Gasteiger partial charge on any atom is 0.347 e. The molecular formula is C7H3F3N2O4. The lowest BCUT2D eigenvalue weighted by atomic mass is 10.1. The molecule has 0 aliphatic rings. The number of benzene rings is 1. The van der Waals surface area contributed by atoms with Crippen molar-refractivity contribution in [3.8, 4) is 0 Å². The minimum absolute atomic E-state index is 0.740. The van der Waals surface area contributed by atoms with Crippen LogP contribution in [0.2, 0.25) is 0 Å². The minimum atomic E-state index is -2.13. The van der Waals surface area contributed by atoms with Gasteiger partial charge < -0.3 is 0 Å². The summed E-state index contributed by atoms with van der Waals surface area (Å²) in [6.45, 7) is 0.740. The third-order valence-corrected chi connectivity index (χ3v) is 1.86. The largest absolute Gasteiger partial charge is 0.347 e. The maximum atomic E-state index is 13.1. The van der Waals surface area contributed by atoms with Gasteiger partial charge in [0.05, 0.1) is 9.85 Å². The molecule has 0 saturated heterocycles. The van der Waals surface area contributed by atoms with E-state index < -0.39 is 44.2 Å². The molecule has 0 aliphatic carbocycles. The summed E-state index contributed by atoms with van der Waals surface area (Å²) in [7, 11) is 0. The average Bonchev–Trinajstić information content (AvgIpc) is 2.13. The quantitative estimate of drug-likeness (QED) is 0.581. The van der Waals surface area contributed by atoms with Gasteiger partial charge >= 0.3 is 11.4 Å². The van der Waals surface area contributed by atoms with Crippen LogP contribution >= 0.6 is 0 Å². The molecule has 9 heteroatoms. The van der Waals surface area contributed by atoms with Crippen LogP contribution in [0.4, 0.5) is 24.5 Å². The summed E-state index contributed by atoms with van der Waals surface area (Å²) in [4.78, 5) is 17.6. The van der Waals surface area contributed by atoms with E-state index in [1.54, 1.807) is 0 Å². The minimum Gasteiger partial charge on any atom is -0.258 e. The summed E-state index contributed by atoms with van der Waals surface area (Å²) in [6, 6.07) is 0. The Morgan fingerprint density at radius 3 is 1.44 bits per heavy atom. The van der Waals surface area contributed by atoms with Crippen molar-refractivity contribution in [1.29, 1.82) is 0 Å². The molecule has 0 fully saturated rings. The van der Waals surface area contributed by atoms with Crippen LogP contribution in [-0.4, -0.2) is 9.85 Å². The third-order valence-electron chi connectivity index (χ3n) is 1.86. The van der Waals surface area contributed by atoms with Gasteiger partial charge in [-0.25, -0.2) is 0 Å². The van der Waals surface area contributed by atoms with Crippen LogP contribution in [0.25, 0.3) is 0 Å². The Morgan fingerprint density at radius 2 is 1.19 bits per heavy atom. The molecule has 1 aromatic carbocycles. The normalized spacial score (nSPS) is 10.2. The van der Waals surface area contributed by atoms with Gasteiger partial charge in [0.2, 0.25) is 11.6 Å². The SMILES string of the molecule is Cc1c(F)c([N+](=O)[O-])c(F)c([N+](=O)[O-])c1F. The highest BCUT2D eigenvalue weighted by Gasteiger charge is 2.37.